The van der Waals surface area contributed by atoms with Crippen molar-refractivity contribution in [2.24, 2.45) is 0 Å². The summed E-state index contributed by atoms with van der Waals surface area (Å²) in [5.41, 5.74) is 3.57. The third kappa shape index (κ3) is 5.57. The molecule has 1 fully saturated rings. The third-order valence-electron chi connectivity index (χ3n) is 6.31. The highest BCUT2D eigenvalue weighted by Crippen LogP contribution is 2.42. The summed E-state index contributed by atoms with van der Waals surface area (Å²) in [5, 5.41) is 24.9. The molecule has 10 nitrogen and oxygen atoms in total. The molecule has 37 heavy (non-hydrogen) atoms. The normalized spacial score (nSPS) is 13.1. The van der Waals surface area contributed by atoms with Crippen LogP contribution in [-0.2, 0) is 6.42 Å². The molecule has 2 aromatic carbocycles. The van der Waals surface area contributed by atoms with Gasteiger partial charge in [0, 0.05) is 30.4 Å². The number of benzene rings is 2. The number of aliphatic hydroxyl groups excluding tert-OH is 1. The number of anilines is 3. The van der Waals surface area contributed by atoms with Crippen LogP contribution < -0.4 is 24.2 Å². The van der Waals surface area contributed by atoms with Crippen LogP contribution in [0.25, 0.3) is 11.0 Å². The quantitative estimate of drug-likeness (QED) is 0.129. The Hall–Kier alpha value is -3.57. The number of fused-ring (bicyclic) bond motifs is 1. The van der Waals surface area contributed by atoms with Gasteiger partial charge in [0.05, 0.1) is 32.4 Å². The fourth-order valence-corrected chi connectivity index (χ4v) is 5.00. The van der Waals surface area contributed by atoms with Crippen LogP contribution in [0.5, 0.6) is 17.2 Å². The monoisotopic (exact) mass is 525 g/mol. The van der Waals surface area contributed by atoms with Gasteiger partial charge in [0.2, 0.25) is 0 Å². The Labute approximate surface area is 219 Å². The summed E-state index contributed by atoms with van der Waals surface area (Å²) in [6, 6.07) is 9.75. The number of nitrogens with one attached hydrogen (secondary N) is 3. The van der Waals surface area contributed by atoms with Crippen molar-refractivity contribution in [2.45, 2.75) is 42.9 Å². The van der Waals surface area contributed by atoms with Crippen LogP contribution in [0.15, 0.2) is 39.8 Å². The molecule has 0 radical (unpaired) electrons. The molecule has 1 aliphatic rings. The lowest BCUT2D eigenvalue weighted by Gasteiger charge is -2.15. The number of hydrogen-bond donors (Lipinski definition) is 4. The van der Waals surface area contributed by atoms with E-state index in [9.17, 15) is 0 Å². The molecular weight excluding hydrogens is 494 g/mol. The molecule has 0 unspecified atom stereocenters. The summed E-state index contributed by atoms with van der Waals surface area (Å²) in [6.45, 7) is 0.185. The average molecular weight is 526 g/mol. The Bertz CT molecular complexity index is 1340. The van der Waals surface area contributed by atoms with E-state index in [-0.39, 0.29) is 6.61 Å². The number of methoxy groups -OCH3 is 3. The number of H-pyrrole nitrogens is 1. The van der Waals surface area contributed by atoms with E-state index in [2.05, 4.69) is 25.4 Å². The molecule has 0 saturated heterocycles. The van der Waals surface area contributed by atoms with Crippen molar-refractivity contribution in [3.63, 3.8) is 0 Å². The topological polar surface area (TPSA) is 127 Å². The highest BCUT2D eigenvalue weighted by atomic mass is 32.2. The van der Waals surface area contributed by atoms with Crippen LogP contribution >= 0.6 is 11.9 Å². The molecule has 11 heteroatoms. The van der Waals surface area contributed by atoms with E-state index >= 15 is 0 Å². The van der Waals surface area contributed by atoms with E-state index in [4.69, 9.17) is 23.8 Å². The summed E-state index contributed by atoms with van der Waals surface area (Å²) >= 11 is 1.33. The lowest BCUT2D eigenvalue weighted by atomic mass is 10.1. The number of aromatic amines is 1. The Morgan fingerprint density at radius 3 is 2.46 bits per heavy atom. The Morgan fingerprint density at radius 2 is 1.78 bits per heavy atom. The maximum absolute atomic E-state index is 9.07. The second-order valence-electron chi connectivity index (χ2n) is 8.90. The second-order valence-corrected chi connectivity index (χ2v) is 9.72. The van der Waals surface area contributed by atoms with Crippen LogP contribution in [-0.4, -0.2) is 48.4 Å². The zero-order valence-corrected chi connectivity index (χ0v) is 21.9. The van der Waals surface area contributed by atoms with Crippen LogP contribution in [0.4, 0.5) is 17.3 Å². The van der Waals surface area contributed by atoms with Crippen molar-refractivity contribution in [2.75, 3.05) is 38.0 Å². The summed E-state index contributed by atoms with van der Waals surface area (Å²) in [4.78, 5) is 0.794. The molecule has 0 bridgehead atoms. The van der Waals surface area contributed by atoms with Crippen LogP contribution in [0, 0.1) is 0 Å². The maximum atomic E-state index is 9.07. The van der Waals surface area contributed by atoms with Gasteiger partial charge in [-0.15, -0.1) is 0 Å². The van der Waals surface area contributed by atoms with E-state index in [1.807, 2.05) is 30.3 Å². The van der Waals surface area contributed by atoms with Crippen molar-refractivity contribution in [1.29, 1.82) is 0 Å². The van der Waals surface area contributed by atoms with E-state index in [0.29, 0.717) is 34.6 Å². The smallest absolute Gasteiger partial charge is 0.187 e. The van der Waals surface area contributed by atoms with Gasteiger partial charge in [-0.25, -0.2) is 0 Å². The van der Waals surface area contributed by atoms with Gasteiger partial charge in [0.15, 0.2) is 17.2 Å². The summed E-state index contributed by atoms with van der Waals surface area (Å²) < 4.78 is 25.8. The highest BCUT2D eigenvalue weighted by molar-refractivity contribution is 8.00. The third-order valence-corrected chi connectivity index (χ3v) is 7.22. The van der Waals surface area contributed by atoms with Gasteiger partial charge < -0.3 is 33.9 Å². The van der Waals surface area contributed by atoms with E-state index in [1.165, 1.54) is 24.8 Å². The first-order chi connectivity index (χ1) is 18.1. The van der Waals surface area contributed by atoms with Gasteiger partial charge >= 0.3 is 0 Å². The number of nitrogens with zero attached hydrogens (tertiary/aromatic N) is 2. The van der Waals surface area contributed by atoms with E-state index < -0.39 is 0 Å². The van der Waals surface area contributed by atoms with Crippen molar-refractivity contribution in [1.82, 2.24) is 15.4 Å². The average Bonchev–Trinajstić information content (AvgIpc) is 3.54. The van der Waals surface area contributed by atoms with E-state index in [0.717, 1.165) is 52.3 Å². The zero-order valence-electron chi connectivity index (χ0n) is 21.1. The minimum atomic E-state index is 0.185. The summed E-state index contributed by atoms with van der Waals surface area (Å²) in [7, 11) is 4.89. The molecule has 2 aromatic heterocycles. The number of aliphatic hydroxyl groups is 1. The van der Waals surface area contributed by atoms with Gasteiger partial charge in [0.25, 0.3) is 0 Å². The molecular formula is C26H31N5O5S. The molecule has 0 amide bonds. The first kappa shape index (κ1) is 25.1. The number of ether oxygens (including phenoxy) is 3. The molecule has 196 valence electrons. The predicted molar refractivity (Wildman–Crippen MR) is 143 cm³/mol. The molecule has 5 rings (SSSR count). The van der Waals surface area contributed by atoms with Crippen molar-refractivity contribution >= 4 is 40.2 Å². The molecule has 4 N–H and O–H groups in total. The van der Waals surface area contributed by atoms with Crippen molar-refractivity contribution in [3.8, 4) is 17.2 Å². The minimum absolute atomic E-state index is 0.185. The van der Waals surface area contributed by atoms with Crippen LogP contribution in [0.3, 0.4) is 0 Å². The largest absolute Gasteiger partial charge is 0.495 e. The Morgan fingerprint density at radius 1 is 1.03 bits per heavy atom. The maximum Gasteiger partial charge on any atom is 0.187 e. The first-order valence-electron chi connectivity index (χ1n) is 12.2. The molecule has 0 atom stereocenters. The highest BCUT2D eigenvalue weighted by Gasteiger charge is 2.26. The molecule has 4 aromatic rings. The van der Waals surface area contributed by atoms with Gasteiger partial charge in [-0.1, -0.05) is 5.16 Å². The van der Waals surface area contributed by atoms with Gasteiger partial charge in [-0.05, 0) is 67.8 Å². The number of aryl methyl sites for hydroxylation is 1. The fourth-order valence-electron chi connectivity index (χ4n) is 4.17. The minimum Gasteiger partial charge on any atom is -0.495 e. The Balaban J connectivity index is 1.35. The zero-order chi connectivity index (χ0) is 25.8. The molecule has 0 spiro atoms. The summed E-state index contributed by atoms with van der Waals surface area (Å²) in [6.07, 6.45) is 4.88. The van der Waals surface area contributed by atoms with Gasteiger partial charge in [0.1, 0.15) is 22.1 Å². The molecule has 1 saturated carbocycles. The van der Waals surface area contributed by atoms with Crippen LogP contribution in [0.2, 0.25) is 0 Å². The lowest BCUT2D eigenvalue weighted by molar-refractivity contribution is 0.284. The van der Waals surface area contributed by atoms with Gasteiger partial charge in [-0.2, -0.15) is 5.10 Å². The van der Waals surface area contributed by atoms with E-state index in [1.54, 1.807) is 21.3 Å². The first-order valence-corrected chi connectivity index (χ1v) is 13.0. The fraction of sp³-hybridized carbons (Fsp3) is 0.385. The molecule has 0 aliphatic heterocycles. The standard InChI is InChI=1S/C26H31N5O5S/c1-33-21-12-17-20(13-19(21)27-24-14-18(28-29-24)16-7-8-16)36-30-26(17)31-37-25-22(34-2)10-15(6-4-5-9-32)11-23(25)35-3/h10-14,16,32H,4-9H2,1-3H3,(H,30,31)(H2,27,28,29). The SMILES string of the molecule is COc1cc2c(NSc3c(OC)cc(CCCCO)cc3OC)noc2cc1Nc1cc(C2CC2)[nH]n1. The Kier molecular flexibility index (Phi) is 7.61. The molecule has 2 heterocycles. The molecule has 1 aliphatic carbocycles. The number of hydrogen-bond acceptors (Lipinski definition) is 10. The number of unbranched alkanes of at least 4 members (excludes halogenated alkanes) is 1. The lowest BCUT2D eigenvalue weighted by Crippen LogP contribution is -1.98. The second kappa shape index (κ2) is 11.2. The van der Waals surface area contributed by atoms with Crippen molar-refractivity contribution < 1.29 is 23.8 Å². The summed E-state index contributed by atoms with van der Waals surface area (Å²) in [5.74, 6) is 3.90. The van der Waals surface area contributed by atoms with Crippen LogP contribution in [0.1, 0.15) is 42.9 Å². The van der Waals surface area contributed by atoms with Gasteiger partial charge in [-0.3, -0.25) is 5.10 Å². The number of rotatable bonds is 13. The van der Waals surface area contributed by atoms with Crippen molar-refractivity contribution in [3.05, 3.63) is 41.6 Å². The predicted octanol–water partition coefficient (Wildman–Crippen LogP) is 5.63. The number of aromatic nitrogens is 3.